The molecule has 1 aromatic rings. The number of carbonyl (C=O) groups is 1. The van der Waals surface area contributed by atoms with Crippen molar-refractivity contribution in [3.63, 3.8) is 0 Å². The van der Waals surface area contributed by atoms with E-state index in [9.17, 15) is 4.79 Å². The van der Waals surface area contributed by atoms with Crippen LogP contribution in [0.2, 0.25) is 0 Å². The summed E-state index contributed by atoms with van der Waals surface area (Å²) < 4.78 is 0. The van der Waals surface area contributed by atoms with Gasteiger partial charge in [-0.05, 0) is 61.6 Å². The molecular formula is C21H27NOS. The summed E-state index contributed by atoms with van der Waals surface area (Å²) in [5.41, 5.74) is 3.87. The summed E-state index contributed by atoms with van der Waals surface area (Å²) in [5, 5.41) is 4.13. The average Bonchev–Trinajstić information content (AvgIpc) is 2.54. The lowest BCUT2D eigenvalue weighted by Crippen LogP contribution is -2.19. The Hall–Kier alpha value is -1.74. The van der Waals surface area contributed by atoms with E-state index in [4.69, 9.17) is 0 Å². The first-order chi connectivity index (χ1) is 11.4. The third kappa shape index (κ3) is 5.13. The molecule has 0 radical (unpaired) electrons. The Morgan fingerprint density at radius 3 is 2.58 bits per heavy atom. The van der Waals surface area contributed by atoms with E-state index in [1.165, 1.54) is 35.7 Å². The SMILES string of the molecule is CS/C(=C/C(=O)/C=C/C1=C(C)CCCC1(C)C)Nc1ccccc1. The number of anilines is 1. The molecule has 0 saturated heterocycles. The first kappa shape index (κ1) is 18.6. The van der Waals surface area contributed by atoms with Crippen molar-refractivity contribution < 1.29 is 4.79 Å². The number of rotatable bonds is 6. The summed E-state index contributed by atoms with van der Waals surface area (Å²) in [7, 11) is 0. The van der Waals surface area contributed by atoms with Gasteiger partial charge in [-0.25, -0.2) is 0 Å². The largest absolute Gasteiger partial charge is 0.350 e. The van der Waals surface area contributed by atoms with E-state index < -0.39 is 0 Å². The Balaban J connectivity index is 2.10. The number of nitrogens with one attached hydrogen (secondary N) is 1. The molecule has 1 N–H and O–H groups in total. The lowest BCUT2D eigenvalue weighted by molar-refractivity contribution is -0.110. The molecule has 0 spiro atoms. The molecule has 0 heterocycles. The van der Waals surface area contributed by atoms with Crippen LogP contribution in [0.25, 0.3) is 0 Å². The third-order valence-electron chi connectivity index (χ3n) is 4.49. The smallest absolute Gasteiger partial charge is 0.181 e. The molecule has 128 valence electrons. The molecule has 2 nitrogen and oxygen atoms in total. The van der Waals surface area contributed by atoms with Crippen molar-refractivity contribution in [2.45, 2.75) is 40.0 Å². The van der Waals surface area contributed by atoms with Crippen LogP contribution in [0, 0.1) is 5.41 Å². The zero-order chi connectivity index (χ0) is 17.6. The van der Waals surface area contributed by atoms with E-state index in [0.717, 1.165) is 17.1 Å². The quantitative estimate of drug-likeness (QED) is 0.648. The number of para-hydroxylation sites is 1. The van der Waals surface area contributed by atoms with Gasteiger partial charge in [-0.3, -0.25) is 4.79 Å². The molecule has 1 aliphatic carbocycles. The van der Waals surface area contributed by atoms with E-state index in [1.807, 2.05) is 42.7 Å². The summed E-state index contributed by atoms with van der Waals surface area (Å²) in [5.74, 6) is 0.0180. The Labute approximate surface area is 150 Å². The molecule has 0 atom stereocenters. The van der Waals surface area contributed by atoms with Crippen molar-refractivity contribution in [2.24, 2.45) is 5.41 Å². The topological polar surface area (TPSA) is 29.1 Å². The van der Waals surface area contributed by atoms with Gasteiger partial charge in [0, 0.05) is 11.8 Å². The maximum Gasteiger partial charge on any atom is 0.181 e. The van der Waals surface area contributed by atoms with Crippen molar-refractivity contribution >= 4 is 23.2 Å². The first-order valence-electron chi connectivity index (χ1n) is 8.42. The summed E-state index contributed by atoms with van der Waals surface area (Å²) in [6.45, 7) is 6.71. The molecule has 0 fully saturated rings. The summed E-state index contributed by atoms with van der Waals surface area (Å²) in [6.07, 6.45) is 10.9. The highest BCUT2D eigenvalue weighted by Crippen LogP contribution is 2.40. The highest BCUT2D eigenvalue weighted by Gasteiger charge is 2.26. The molecule has 0 amide bonds. The van der Waals surface area contributed by atoms with Crippen molar-refractivity contribution in [3.05, 3.63) is 64.7 Å². The van der Waals surface area contributed by atoms with E-state index in [0.29, 0.717) is 0 Å². The third-order valence-corrected chi connectivity index (χ3v) is 5.15. The highest BCUT2D eigenvalue weighted by atomic mass is 32.2. The number of thioether (sulfide) groups is 1. The number of hydrogen-bond donors (Lipinski definition) is 1. The van der Waals surface area contributed by atoms with Gasteiger partial charge in [0.1, 0.15) is 0 Å². The molecule has 3 heteroatoms. The van der Waals surface area contributed by atoms with Crippen LogP contribution >= 0.6 is 11.8 Å². The van der Waals surface area contributed by atoms with E-state index in [2.05, 4.69) is 26.1 Å². The van der Waals surface area contributed by atoms with Crippen LogP contribution in [0.3, 0.4) is 0 Å². The molecule has 1 aromatic carbocycles. The van der Waals surface area contributed by atoms with Crippen LogP contribution in [-0.4, -0.2) is 12.0 Å². The Morgan fingerprint density at radius 2 is 1.96 bits per heavy atom. The van der Waals surface area contributed by atoms with Crippen LogP contribution in [0.15, 0.2) is 64.7 Å². The average molecular weight is 342 g/mol. The van der Waals surface area contributed by atoms with Crippen LogP contribution in [0.4, 0.5) is 5.69 Å². The number of hydrogen-bond acceptors (Lipinski definition) is 3. The zero-order valence-corrected chi connectivity index (χ0v) is 15.9. The first-order valence-corrected chi connectivity index (χ1v) is 9.65. The van der Waals surface area contributed by atoms with Gasteiger partial charge >= 0.3 is 0 Å². The van der Waals surface area contributed by atoms with Crippen molar-refractivity contribution in [3.8, 4) is 0 Å². The molecule has 0 unspecified atom stereocenters. The van der Waals surface area contributed by atoms with E-state index in [1.54, 1.807) is 12.2 Å². The maximum atomic E-state index is 12.3. The van der Waals surface area contributed by atoms with Gasteiger partial charge in [0.15, 0.2) is 5.78 Å². The molecular weight excluding hydrogens is 314 g/mol. The van der Waals surface area contributed by atoms with Gasteiger partial charge in [0.05, 0.1) is 5.03 Å². The second kappa shape index (κ2) is 8.39. The summed E-state index contributed by atoms with van der Waals surface area (Å²) in [6, 6.07) is 9.90. The van der Waals surface area contributed by atoms with Crippen LogP contribution in [-0.2, 0) is 4.79 Å². The van der Waals surface area contributed by atoms with Crippen LogP contribution in [0.1, 0.15) is 40.0 Å². The van der Waals surface area contributed by atoms with Crippen molar-refractivity contribution in [1.82, 2.24) is 0 Å². The van der Waals surface area contributed by atoms with Gasteiger partial charge in [-0.1, -0.05) is 43.7 Å². The fourth-order valence-electron chi connectivity index (χ4n) is 3.16. The predicted molar refractivity (Wildman–Crippen MR) is 106 cm³/mol. The Kier molecular flexibility index (Phi) is 6.50. The number of carbonyl (C=O) groups excluding carboxylic acids is 1. The standard InChI is InChI=1S/C21H27NOS/c1-16-9-8-14-21(2,3)19(16)13-12-18(23)15-20(24-4)22-17-10-6-5-7-11-17/h5-7,10-13,15,22H,8-9,14H2,1-4H3/b13-12+,20-15+. The fraction of sp³-hybridized carbons (Fsp3) is 0.381. The minimum Gasteiger partial charge on any atom is -0.350 e. The zero-order valence-electron chi connectivity index (χ0n) is 15.1. The summed E-state index contributed by atoms with van der Waals surface area (Å²) >= 11 is 1.54. The second-order valence-corrected chi connectivity index (χ2v) is 7.72. The van der Waals surface area contributed by atoms with Gasteiger partial charge in [0.25, 0.3) is 0 Å². The molecule has 2 rings (SSSR count). The molecule has 0 saturated carbocycles. The van der Waals surface area contributed by atoms with Gasteiger partial charge in [0.2, 0.25) is 0 Å². The van der Waals surface area contributed by atoms with E-state index in [-0.39, 0.29) is 11.2 Å². The van der Waals surface area contributed by atoms with Crippen LogP contribution in [0.5, 0.6) is 0 Å². The van der Waals surface area contributed by atoms with Crippen molar-refractivity contribution in [2.75, 3.05) is 11.6 Å². The number of benzene rings is 1. The lowest BCUT2D eigenvalue weighted by Gasteiger charge is -2.32. The Morgan fingerprint density at radius 1 is 1.25 bits per heavy atom. The fourth-order valence-corrected chi connectivity index (χ4v) is 3.62. The second-order valence-electron chi connectivity index (χ2n) is 6.87. The molecule has 24 heavy (non-hydrogen) atoms. The van der Waals surface area contributed by atoms with Crippen LogP contribution < -0.4 is 5.32 Å². The summed E-state index contributed by atoms with van der Waals surface area (Å²) in [4.78, 5) is 12.3. The number of allylic oxidation sites excluding steroid dienone is 5. The van der Waals surface area contributed by atoms with Gasteiger partial charge in [-0.2, -0.15) is 0 Å². The lowest BCUT2D eigenvalue weighted by atomic mass is 9.72. The Bertz CT molecular complexity index is 668. The van der Waals surface area contributed by atoms with E-state index >= 15 is 0 Å². The minimum absolute atomic E-state index is 0.0180. The molecule has 0 aromatic heterocycles. The normalized spacial score (nSPS) is 18.1. The maximum absolute atomic E-state index is 12.3. The monoisotopic (exact) mass is 341 g/mol. The van der Waals surface area contributed by atoms with Gasteiger partial charge in [-0.15, -0.1) is 11.8 Å². The molecule has 1 aliphatic rings. The molecule has 0 aliphatic heterocycles. The predicted octanol–water partition coefficient (Wildman–Crippen LogP) is 5.95. The highest BCUT2D eigenvalue weighted by molar-refractivity contribution is 8.02. The minimum atomic E-state index is 0.0180. The van der Waals surface area contributed by atoms with Gasteiger partial charge < -0.3 is 5.32 Å². The molecule has 0 bridgehead atoms. The van der Waals surface area contributed by atoms with Crippen molar-refractivity contribution in [1.29, 1.82) is 0 Å². The number of ketones is 1.